The van der Waals surface area contributed by atoms with Crippen molar-refractivity contribution in [3.63, 3.8) is 0 Å². The predicted molar refractivity (Wildman–Crippen MR) is 116 cm³/mol. The van der Waals surface area contributed by atoms with Crippen molar-refractivity contribution in [1.29, 1.82) is 0 Å². The molecular weight excluding hydrogens is 372 g/mol. The van der Waals surface area contributed by atoms with Crippen LogP contribution in [0.3, 0.4) is 0 Å². The number of nitrogens with one attached hydrogen (secondary N) is 2. The first-order chi connectivity index (χ1) is 13.5. The number of aryl methyl sites for hydroxylation is 1. The molecule has 4 rings (SSSR count). The number of aromatic nitrogens is 3. The van der Waals surface area contributed by atoms with Gasteiger partial charge in [-0.3, -0.25) is 4.98 Å². The molecule has 0 radical (unpaired) electrons. The molecular formula is C21H19ClN6. The summed E-state index contributed by atoms with van der Waals surface area (Å²) in [6.07, 6.45) is 1.47. The summed E-state index contributed by atoms with van der Waals surface area (Å²) in [6.45, 7) is 3.91. The van der Waals surface area contributed by atoms with E-state index < -0.39 is 0 Å². The first-order valence-electron chi connectivity index (χ1n) is 8.79. The lowest BCUT2D eigenvalue weighted by Crippen LogP contribution is -2.06. The quantitative estimate of drug-likeness (QED) is 0.434. The zero-order valence-corrected chi connectivity index (χ0v) is 16.2. The van der Waals surface area contributed by atoms with Crippen LogP contribution in [0.1, 0.15) is 11.3 Å². The van der Waals surface area contributed by atoms with Gasteiger partial charge in [0.25, 0.3) is 0 Å². The molecule has 0 saturated carbocycles. The lowest BCUT2D eigenvalue weighted by molar-refractivity contribution is 1.17. The van der Waals surface area contributed by atoms with E-state index >= 15 is 0 Å². The number of hydrogen-bond donors (Lipinski definition) is 3. The highest BCUT2D eigenvalue weighted by molar-refractivity contribution is 6.31. The van der Waals surface area contributed by atoms with Gasteiger partial charge in [0.1, 0.15) is 12.0 Å². The Labute approximate surface area is 167 Å². The maximum atomic E-state index is 6.34. The van der Waals surface area contributed by atoms with Gasteiger partial charge in [0, 0.05) is 27.5 Å². The van der Waals surface area contributed by atoms with Gasteiger partial charge >= 0.3 is 0 Å². The van der Waals surface area contributed by atoms with Gasteiger partial charge < -0.3 is 16.4 Å². The maximum Gasteiger partial charge on any atom is 0.159 e. The van der Waals surface area contributed by atoms with E-state index in [1.165, 1.54) is 6.33 Å². The molecule has 0 aliphatic carbocycles. The SMILES string of the molecule is Cc1ccc2c(Nc3ncnc(Nc4cccc(Cl)c4C)c3N)cccc2n1. The summed E-state index contributed by atoms with van der Waals surface area (Å²) in [6, 6.07) is 15.5. The van der Waals surface area contributed by atoms with Crippen LogP contribution < -0.4 is 16.4 Å². The largest absolute Gasteiger partial charge is 0.393 e. The van der Waals surface area contributed by atoms with E-state index in [2.05, 4.69) is 25.6 Å². The lowest BCUT2D eigenvalue weighted by atomic mass is 10.1. The zero-order chi connectivity index (χ0) is 19.7. The fourth-order valence-corrected chi connectivity index (χ4v) is 3.13. The average molecular weight is 391 g/mol. The van der Waals surface area contributed by atoms with Crippen LogP contribution in [-0.4, -0.2) is 15.0 Å². The van der Waals surface area contributed by atoms with Crippen LogP contribution in [0, 0.1) is 13.8 Å². The van der Waals surface area contributed by atoms with E-state index in [1.807, 2.05) is 62.4 Å². The molecule has 0 aliphatic rings. The molecule has 0 bridgehead atoms. The number of nitrogen functional groups attached to an aromatic ring is 1. The van der Waals surface area contributed by atoms with Crippen molar-refractivity contribution < 1.29 is 0 Å². The number of anilines is 5. The zero-order valence-electron chi connectivity index (χ0n) is 15.5. The standard InChI is InChI=1S/C21H19ClN6/c1-12-9-10-14-17(26-12)7-4-8-18(14)28-21-19(23)20(24-11-25-21)27-16-6-3-5-15(22)13(16)2/h3-11H,23H2,1-2H3,(H2,24,25,27,28). The summed E-state index contributed by atoms with van der Waals surface area (Å²) < 4.78 is 0. The Bertz CT molecular complexity index is 1170. The van der Waals surface area contributed by atoms with E-state index in [4.69, 9.17) is 17.3 Å². The van der Waals surface area contributed by atoms with Gasteiger partial charge in [-0.2, -0.15) is 0 Å². The van der Waals surface area contributed by atoms with Crippen molar-refractivity contribution >= 4 is 51.2 Å². The fourth-order valence-electron chi connectivity index (χ4n) is 2.96. The van der Waals surface area contributed by atoms with Gasteiger partial charge in [-0.25, -0.2) is 9.97 Å². The number of halogens is 1. The summed E-state index contributed by atoms with van der Waals surface area (Å²) in [5.41, 5.74) is 11.3. The van der Waals surface area contributed by atoms with Gasteiger partial charge in [0.2, 0.25) is 0 Å². The number of nitrogens with two attached hydrogens (primary N) is 1. The topological polar surface area (TPSA) is 88.8 Å². The van der Waals surface area contributed by atoms with E-state index in [9.17, 15) is 0 Å². The summed E-state index contributed by atoms with van der Waals surface area (Å²) in [4.78, 5) is 13.1. The molecule has 4 aromatic rings. The molecule has 0 fully saturated rings. The number of hydrogen-bond acceptors (Lipinski definition) is 6. The molecule has 140 valence electrons. The van der Waals surface area contributed by atoms with Crippen LogP contribution >= 0.6 is 11.6 Å². The molecule has 0 spiro atoms. The summed E-state index contributed by atoms with van der Waals surface area (Å²) in [5, 5.41) is 8.21. The normalized spacial score (nSPS) is 10.8. The lowest BCUT2D eigenvalue weighted by Gasteiger charge is -2.15. The molecule has 0 aliphatic heterocycles. The summed E-state index contributed by atoms with van der Waals surface area (Å²) >= 11 is 6.20. The van der Waals surface area contributed by atoms with Crippen molar-refractivity contribution in [2.24, 2.45) is 0 Å². The van der Waals surface area contributed by atoms with Crippen molar-refractivity contribution in [2.75, 3.05) is 16.4 Å². The third-order valence-corrected chi connectivity index (χ3v) is 4.94. The van der Waals surface area contributed by atoms with Crippen molar-refractivity contribution in [3.8, 4) is 0 Å². The highest BCUT2D eigenvalue weighted by Gasteiger charge is 2.12. The minimum atomic E-state index is 0.416. The van der Waals surface area contributed by atoms with Gasteiger partial charge in [0.15, 0.2) is 11.6 Å². The Kier molecular flexibility index (Phi) is 4.71. The first-order valence-corrected chi connectivity index (χ1v) is 9.17. The summed E-state index contributed by atoms with van der Waals surface area (Å²) in [5.74, 6) is 1.03. The molecule has 2 aromatic heterocycles. The Morgan fingerprint density at radius 2 is 1.54 bits per heavy atom. The van der Waals surface area contributed by atoms with Crippen LogP contribution in [0.4, 0.5) is 28.7 Å². The number of fused-ring (bicyclic) bond motifs is 1. The van der Waals surface area contributed by atoms with Crippen molar-refractivity contribution in [3.05, 3.63) is 71.1 Å². The van der Waals surface area contributed by atoms with E-state index in [0.717, 1.165) is 33.5 Å². The molecule has 0 atom stereocenters. The molecule has 4 N–H and O–H groups in total. The van der Waals surface area contributed by atoms with Gasteiger partial charge in [0.05, 0.1) is 5.52 Å². The summed E-state index contributed by atoms with van der Waals surface area (Å²) in [7, 11) is 0. The minimum Gasteiger partial charge on any atom is -0.393 e. The number of pyridine rings is 1. The van der Waals surface area contributed by atoms with Gasteiger partial charge in [-0.1, -0.05) is 23.7 Å². The average Bonchev–Trinajstić information content (AvgIpc) is 2.68. The Morgan fingerprint density at radius 1 is 0.857 bits per heavy atom. The first kappa shape index (κ1) is 18.0. The van der Waals surface area contributed by atoms with Crippen molar-refractivity contribution in [2.45, 2.75) is 13.8 Å². The number of rotatable bonds is 4. The van der Waals surface area contributed by atoms with Gasteiger partial charge in [-0.05, 0) is 55.8 Å². The Morgan fingerprint density at radius 3 is 2.32 bits per heavy atom. The van der Waals surface area contributed by atoms with Crippen LogP contribution in [0.25, 0.3) is 10.9 Å². The highest BCUT2D eigenvalue weighted by Crippen LogP contribution is 2.32. The molecule has 2 heterocycles. The van der Waals surface area contributed by atoms with Crippen LogP contribution in [0.5, 0.6) is 0 Å². The highest BCUT2D eigenvalue weighted by atomic mass is 35.5. The predicted octanol–water partition coefficient (Wildman–Crippen LogP) is 5.36. The minimum absolute atomic E-state index is 0.416. The Hall–Kier alpha value is -3.38. The molecule has 0 unspecified atom stereocenters. The maximum absolute atomic E-state index is 6.34. The second kappa shape index (κ2) is 7.32. The third-order valence-electron chi connectivity index (χ3n) is 4.53. The van der Waals surface area contributed by atoms with E-state index in [-0.39, 0.29) is 0 Å². The van der Waals surface area contributed by atoms with Gasteiger partial charge in [-0.15, -0.1) is 0 Å². The Balaban J connectivity index is 1.69. The molecule has 6 nitrogen and oxygen atoms in total. The second-order valence-electron chi connectivity index (χ2n) is 6.47. The molecule has 0 amide bonds. The smallest absolute Gasteiger partial charge is 0.159 e. The number of benzene rings is 2. The molecule has 28 heavy (non-hydrogen) atoms. The molecule has 2 aromatic carbocycles. The van der Waals surface area contributed by atoms with Crippen LogP contribution in [0.2, 0.25) is 5.02 Å². The van der Waals surface area contributed by atoms with Crippen LogP contribution in [0.15, 0.2) is 54.9 Å². The third kappa shape index (κ3) is 3.42. The van der Waals surface area contributed by atoms with Crippen molar-refractivity contribution in [1.82, 2.24) is 15.0 Å². The number of nitrogens with zero attached hydrogens (tertiary/aromatic N) is 3. The van der Waals surface area contributed by atoms with Crippen LogP contribution in [-0.2, 0) is 0 Å². The molecule has 0 saturated heterocycles. The fraction of sp³-hybridized carbons (Fsp3) is 0.0952. The second-order valence-corrected chi connectivity index (χ2v) is 6.88. The van der Waals surface area contributed by atoms with E-state index in [1.54, 1.807) is 0 Å². The molecule has 7 heteroatoms. The monoisotopic (exact) mass is 390 g/mol. The van der Waals surface area contributed by atoms with E-state index in [0.29, 0.717) is 22.3 Å².